The minimum Gasteiger partial charge on any atom is -0.372 e. The summed E-state index contributed by atoms with van der Waals surface area (Å²) >= 11 is 2.86. The van der Waals surface area contributed by atoms with E-state index in [4.69, 9.17) is 4.74 Å². The minimum absolute atomic E-state index is 0.0368. The van der Waals surface area contributed by atoms with Crippen molar-refractivity contribution >= 4 is 39.2 Å². The Hall–Kier alpha value is -1.64. The van der Waals surface area contributed by atoms with Crippen molar-refractivity contribution in [2.75, 3.05) is 18.8 Å². The number of hydrogen-bond acceptors (Lipinski definition) is 6. The van der Waals surface area contributed by atoms with Crippen LogP contribution < -0.4 is 5.56 Å². The fraction of sp³-hybridized carbons (Fsp3) is 0.526. The first-order valence-corrected chi connectivity index (χ1v) is 10.9. The molecule has 0 radical (unpaired) electrons. The van der Waals surface area contributed by atoms with Crippen molar-refractivity contribution in [1.29, 1.82) is 0 Å². The van der Waals surface area contributed by atoms with Crippen LogP contribution in [0.5, 0.6) is 0 Å². The van der Waals surface area contributed by atoms with Crippen LogP contribution in [0.15, 0.2) is 28.7 Å². The predicted octanol–water partition coefficient (Wildman–Crippen LogP) is 2.93. The molecule has 0 unspecified atom stereocenters. The number of carbonyl (C=O) groups is 1. The molecule has 8 heteroatoms. The number of thiophene rings is 1. The van der Waals surface area contributed by atoms with E-state index in [2.05, 4.69) is 18.5 Å². The first-order chi connectivity index (χ1) is 12.9. The molecular formula is C19H25N3O3S2. The van der Waals surface area contributed by atoms with Gasteiger partial charge in [0.05, 0.1) is 23.3 Å². The van der Waals surface area contributed by atoms with Crippen LogP contribution >= 0.6 is 23.1 Å². The second-order valence-electron chi connectivity index (χ2n) is 6.73. The summed E-state index contributed by atoms with van der Waals surface area (Å²) in [5.41, 5.74) is -0.0700. The summed E-state index contributed by atoms with van der Waals surface area (Å²) < 4.78 is 7.29. The van der Waals surface area contributed by atoms with Gasteiger partial charge in [0.15, 0.2) is 5.16 Å². The highest BCUT2D eigenvalue weighted by atomic mass is 32.2. The molecule has 3 rings (SSSR count). The van der Waals surface area contributed by atoms with Gasteiger partial charge in [0.25, 0.3) is 5.56 Å². The van der Waals surface area contributed by atoms with Gasteiger partial charge in [0.2, 0.25) is 5.91 Å². The number of amides is 1. The summed E-state index contributed by atoms with van der Waals surface area (Å²) in [6, 6.07) is 1.92. The number of morpholine rings is 1. The monoisotopic (exact) mass is 407 g/mol. The number of hydrogen-bond donors (Lipinski definition) is 0. The van der Waals surface area contributed by atoms with Gasteiger partial charge in [0, 0.05) is 24.5 Å². The maximum Gasteiger partial charge on any atom is 0.263 e. The molecule has 2 aromatic rings. The van der Waals surface area contributed by atoms with Crippen LogP contribution in [0.3, 0.4) is 0 Å². The minimum atomic E-state index is -0.0700. The zero-order chi connectivity index (χ0) is 19.6. The summed E-state index contributed by atoms with van der Waals surface area (Å²) in [6.45, 7) is 11.3. The Morgan fingerprint density at radius 1 is 1.44 bits per heavy atom. The molecule has 1 aliphatic rings. The zero-order valence-corrected chi connectivity index (χ0v) is 17.6. The molecule has 1 amide bonds. The van der Waals surface area contributed by atoms with Crippen molar-refractivity contribution in [3.8, 4) is 0 Å². The van der Waals surface area contributed by atoms with Gasteiger partial charge in [-0.05, 0) is 26.3 Å². The van der Waals surface area contributed by atoms with E-state index in [0.29, 0.717) is 30.2 Å². The highest BCUT2D eigenvalue weighted by Crippen LogP contribution is 2.25. The van der Waals surface area contributed by atoms with Crippen molar-refractivity contribution in [1.82, 2.24) is 14.5 Å². The van der Waals surface area contributed by atoms with Crippen LogP contribution in [0.4, 0.5) is 0 Å². The standard InChI is InChI=1S/C19H25N3O3S2/c1-5-7-22-18(24)15-8-14(6-2)27-17(15)20-19(22)26-11-16(23)21-9-12(3)25-13(4)10-21/h5,8,12-13H,1,6-7,9-11H2,2-4H3/t12-,13-/m0/s1. The Morgan fingerprint density at radius 3 is 2.78 bits per heavy atom. The molecule has 0 aromatic carbocycles. The lowest BCUT2D eigenvalue weighted by molar-refractivity contribution is -0.140. The average Bonchev–Trinajstić information content (AvgIpc) is 3.05. The van der Waals surface area contributed by atoms with Crippen LogP contribution in [0.25, 0.3) is 10.2 Å². The molecule has 6 nitrogen and oxygen atoms in total. The summed E-state index contributed by atoms with van der Waals surface area (Å²) in [5, 5.41) is 1.21. The number of nitrogens with zero attached hydrogens (tertiary/aromatic N) is 3. The molecule has 0 bridgehead atoms. The van der Waals surface area contributed by atoms with E-state index in [0.717, 1.165) is 16.1 Å². The molecule has 1 saturated heterocycles. The number of aromatic nitrogens is 2. The third-order valence-corrected chi connectivity index (χ3v) is 6.56. The molecule has 0 saturated carbocycles. The van der Waals surface area contributed by atoms with E-state index < -0.39 is 0 Å². The lowest BCUT2D eigenvalue weighted by Gasteiger charge is -2.35. The number of fused-ring (bicyclic) bond motifs is 1. The number of aryl methyl sites for hydroxylation is 1. The average molecular weight is 408 g/mol. The fourth-order valence-corrected chi connectivity index (χ4v) is 5.14. The molecule has 0 aliphatic carbocycles. The normalized spacial score (nSPS) is 20.2. The lowest BCUT2D eigenvalue weighted by atomic mass is 10.2. The van der Waals surface area contributed by atoms with Gasteiger partial charge in [0.1, 0.15) is 4.83 Å². The van der Waals surface area contributed by atoms with Crippen LogP contribution in [-0.2, 0) is 22.5 Å². The first-order valence-electron chi connectivity index (χ1n) is 9.13. The molecule has 146 valence electrons. The quantitative estimate of drug-likeness (QED) is 0.418. The second kappa shape index (κ2) is 8.58. The number of carbonyl (C=O) groups excluding carboxylic acids is 1. The number of ether oxygens (including phenoxy) is 1. The Bertz CT molecular complexity index is 895. The molecule has 0 spiro atoms. The zero-order valence-electron chi connectivity index (χ0n) is 15.9. The van der Waals surface area contributed by atoms with Crippen LogP contribution in [0, 0.1) is 0 Å². The van der Waals surface area contributed by atoms with E-state index in [9.17, 15) is 9.59 Å². The van der Waals surface area contributed by atoms with Gasteiger partial charge >= 0.3 is 0 Å². The molecule has 2 atom stereocenters. The van der Waals surface area contributed by atoms with Gasteiger partial charge in [-0.1, -0.05) is 24.8 Å². The topological polar surface area (TPSA) is 64.4 Å². The van der Waals surface area contributed by atoms with E-state index in [1.54, 1.807) is 10.6 Å². The maximum absolute atomic E-state index is 12.9. The van der Waals surface area contributed by atoms with Crippen LogP contribution in [0.1, 0.15) is 25.6 Å². The Balaban J connectivity index is 1.83. The molecule has 1 fully saturated rings. The Labute approximate surface area is 167 Å². The first kappa shape index (κ1) is 20.1. The van der Waals surface area contributed by atoms with Crippen LogP contribution in [-0.4, -0.2) is 51.4 Å². The summed E-state index contributed by atoms with van der Waals surface area (Å²) in [6.07, 6.45) is 2.62. The summed E-state index contributed by atoms with van der Waals surface area (Å²) in [5.74, 6) is 0.294. The van der Waals surface area contributed by atoms with Crippen molar-refractivity contribution < 1.29 is 9.53 Å². The molecule has 27 heavy (non-hydrogen) atoms. The smallest absolute Gasteiger partial charge is 0.263 e. The number of rotatable bonds is 6. The summed E-state index contributed by atoms with van der Waals surface area (Å²) in [4.78, 5) is 33.9. The summed E-state index contributed by atoms with van der Waals surface area (Å²) in [7, 11) is 0. The molecular weight excluding hydrogens is 382 g/mol. The maximum atomic E-state index is 12.9. The van der Waals surface area contributed by atoms with Gasteiger partial charge in [-0.2, -0.15) is 0 Å². The van der Waals surface area contributed by atoms with Gasteiger partial charge < -0.3 is 9.64 Å². The molecule has 2 aromatic heterocycles. The second-order valence-corrected chi connectivity index (χ2v) is 8.79. The molecule has 0 N–H and O–H groups in total. The predicted molar refractivity (Wildman–Crippen MR) is 111 cm³/mol. The SMILES string of the molecule is C=CCn1c(SCC(=O)N2C[C@H](C)O[C@@H](C)C2)nc2sc(CC)cc2c1=O. The number of allylic oxidation sites excluding steroid dienone is 1. The van der Waals surface area contributed by atoms with E-state index in [1.165, 1.54) is 23.1 Å². The Morgan fingerprint density at radius 2 is 2.15 bits per heavy atom. The van der Waals surface area contributed by atoms with Gasteiger partial charge in [-0.25, -0.2) is 4.98 Å². The van der Waals surface area contributed by atoms with Crippen LogP contribution in [0.2, 0.25) is 0 Å². The largest absolute Gasteiger partial charge is 0.372 e. The van der Waals surface area contributed by atoms with Crippen molar-refractivity contribution in [2.45, 2.75) is 51.1 Å². The Kier molecular flexibility index (Phi) is 6.39. The van der Waals surface area contributed by atoms with E-state index in [1.807, 2.05) is 24.8 Å². The van der Waals surface area contributed by atoms with Gasteiger partial charge in [-0.15, -0.1) is 17.9 Å². The third kappa shape index (κ3) is 4.44. The van der Waals surface area contributed by atoms with Crippen molar-refractivity contribution in [2.24, 2.45) is 0 Å². The third-order valence-electron chi connectivity index (χ3n) is 4.42. The molecule has 3 heterocycles. The lowest BCUT2D eigenvalue weighted by Crippen LogP contribution is -2.48. The van der Waals surface area contributed by atoms with Crippen molar-refractivity contribution in [3.05, 3.63) is 34.0 Å². The highest BCUT2D eigenvalue weighted by Gasteiger charge is 2.26. The van der Waals surface area contributed by atoms with E-state index in [-0.39, 0.29) is 29.4 Å². The molecule has 1 aliphatic heterocycles. The van der Waals surface area contributed by atoms with Gasteiger partial charge in [-0.3, -0.25) is 14.2 Å². The fourth-order valence-electron chi connectivity index (χ4n) is 3.22. The van der Waals surface area contributed by atoms with E-state index >= 15 is 0 Å². The highest BCUT2D eigenvalue weighted by molar-refractivity contribution is 7.99. The van der Waals surface area contributed by atoms with Crippen molar-refractivity contribution in [3.63, 3.8) is 0 Å². The number of thioether (sulfide) groups is 1.